The molecule has 6 heteroatoms. The topological polar surface area (TPSA) is 90.7 Å². The zero-order valence-corrected chi connectivity index (χ0v) is 15.8. The van der Waals surface area contributed by atoms with Crippen molar-refractivity contribution in [3.8, 4) is 5.75 Å². The van der Waals surface area contributed by atoms with Crippen LogP contribution in [0.1, 0.15) is 63.0 Å². The number of guanidine groups is 1. The van der Waals surface area contributed by atoms with Crippen molar-refractivity contribution in [2.75, 3.05) is 7.11 Å². The number of hydrogen-bond acceptors (Lipinski definition) is 2. The van der Waals surface area contributed by atoms with E-state index in [1.54, 1.807) is 7.11 Å². The van der Waals surface area contributed by atoms with Crippen LogP contribution in [-0.2, 0) is 10.8 Å². The van der Waals surface area contributed by atoms with Gasteiger partial charge in [0, 0.05) is 5.56 Å². The van der Waals surface area contributed by atoms with Gasteiger partial charge in [0.2, 0.25) is 0 Å². The molecule has 0 saturated heterocycles. The summed E-state index contributed by atoms with van der Waals surface area (Å²) in [6.45, 7) is 12.5. The number of carbonyl (C=O) groups is 1. The molecule has 1 amide bonds. The molecule has 130 valence electrons. The molecule has 0 aromatic heterocycles. The average Bonchev–Trinajstić information content (AvgIpc) is 2.33. The van der Waals surface area contributed by atoms with Crippen LogP contribution in [0.5, 0.6) is 5.75 Å². The summed E-state index contributed by atoms with van der Waals surface area (Å²) in [6, 6.07) is 3.90. The standard InChI is InChI=1S/C17H27N3O2.ClH/c1-16(2,3)10-8-11(14(21)20-15(18)19)13(22-7)12(9-10)17(4,5)6;/h8-9H,1-7H3,(H4,18,19,20,21);1H. The fourth-order valence-electron chi connectivity index (χ4n) is 2.18. The molecule has 0 aliphatic carbocycles. The minimum absolute atomic E-state index is 0. The molecule has 0 bridgehead atoms. The molecule has 0 saturated carbocycles. The first-order chi connectivity index (χ1) is 9.87. The molecule has 0 aliphatic rings. The van der Waals surface area contributed by atoms with Crippen molar-refractivity contribution in [2.24, 2.45) is 16.5 Å². The monoisotopic (exact) mass is 341 g/mol. The number of carbonyl (C=O) groups excluding carboxylic acids is 1. The number of ether oxygens (including phenoxy) is 1. The number of nitrogens with two attached hydrogens (primary N) is 2. The molecule has 23 heavy (non-hydrogen) atoms. The summed E-state index contributed by atoms with van der Waals surface area (Å²) in [5, 5.41) is 0. The second-order valence-electron chi connectivity index (χ2n) is 7.45. The van der Waals surface area contributed by atoms with Gasteiger partial charge in [-0.25, -0.2) is 0 Å². The number of nitrogens with zero attached hydrogens (tertiary/aromatic N) is 1. The Morgan fingerprint density at radius 3 is 1.91 bits per heavy atom. The third-order valence-electron chi connectivity index (χ3n) is 3.43. The lowest BCUT2D eigenvalue weighted by molar-refractivity contribution is 0.0999. The van der Waals surface area contributed by atoms with Crippen LogP contribution in [0.15, 0.2) is 17.1 Å². The van der Waals surface area contributed by atoms with E-state index in [2.05, 4.69) is 52.6 Å². The summed E-state index contributed by atoms with van der Waals surface area (Å²) >= 11 is 0. The van der Waals surface area contributed by atoms with E-state index in [0.29, 0.717) is 11.3 Å². The average molecular weight is 342 g/mol. The molecule has 1 aromatic carbocycles. The van der Waals surface area contributed by atoms with E-state index in [4.69, 9.17) is 16.2 Å². The Hall–Kier alpha value is -1.75. The van der Waals surface area contributed by atoms with Gasteiger partial charge in [-0.1, -0.05) is 47.6 Å². The normalized spacial score (nSPS) is 11.4. The van der Waals surface area contributed by atoms with Crippen LogP contribution in [0.2, 0.25) is 0 Å². The Labute approximate surface area is 144 Å². The maximum Gasteiger partial charge on any atom is 0.283 e. The van der Waals surface area contributed by atoms with E-state index in [0.717, 1.165) is 11.1 Å². The van der Waals surface area contributed by atoms with Gasteiger partial charge in [-0.15, -0.1) is 12.4 Å². The van der Waals surface area contributed by atoms with Crippen molar-refractivity contribution < 1.29 is 9.53 Å². The summed E-state index contributed by atoms with van der Waals surface area (Å²) in [5.41, 5.74) is 12.8. The number of halogens is 1. The van der Waals surface area contributed by atoms with E-state index in [1.807, 2.05) is 6.07 Å². The summed E-state index contributed by atoms with van der Waals surface area (Å²) in [6.07, 6.45) is 0. The van der Waals surface area contributed by atoms with Crippen molar-refractivity contribution in [1.82, 2.24) is 0 Å². The number of methoxy groups -OCH3 is 1. The first-order valence-corrected chi connectivity index (χ1v) is 7.25. The van der Waals surface area contributed by atoms with E-state index >= 15 is 0 Å². The third kappa shape index (κ3) is 5.13. The maximum atomic E-state index is 12.4. The van der Waals surface area contributed by atoms with Crippen molar-refractivity contribution in [1.29, 1.82) is 0 Å². The molecule has 0 atom stereocenters. The number of rotatable bonds is 2. The molecule has 5 nitrogen and oxygen atoms in total. The zero-order chi connectivity index (χ0) is 17.3. The highest BCUT2D eigenvalue weighted by Gasteiger charge is 2.27. The van der Waals surface area contributed by atoms with Crippen LogP contribution >= 0.6 is 12.4 Å². The lowest BCUT2D eigenvalue weighted by Crippen LogP contribution is -2.25. The maximum absolute atomic E-state index is 12.4. The van der Waals surface area contributed by atoms with Crippen LogP contribution in [0, 0.1) is 0 Å². The van der Waals surface area contributed by atoms with Crippen LogP contribution in [0.4, 0.5) is 0 Å². The molecule has 0 fully saturated rings. The van der Waals surface area contributed by atoms with Gasteiger partial charge in [-0.3, -0.25) is 4.79 Å². The molecular formula is C17H28ClN3O2. The van der Waals surface area contributed by atoms with Crippen molar-refractivity contribution >= 4 is 24.3 Å². The van der Waals surface area contributed by atoms with Gasteiger partial charge in [0.25, 0.3) is 5.91 Å². The number of aliphatic imine (C=N–C) groups is 1. The SMILES string of the molecule is COc1c(C(=O)N=C(N)N)cc(C(C)(C)C)cc1C(C)(C)C.Cl. The van der Waals surface area contributed by atoms with E-state index in [1.165, 1.54) is 0 Å². The molecule has 0 unspecified atom stereocenters. The van der Waals surface area contributed by atoms with Crippen LogP contribution < -0.4 is 16.2 Å². The fourth-order valence-corrected chi connectivity index (χ4v) is 2.18. The minimum atomic E-state index is -0.492. The minimum Gasteiger partial charge on any atom is -0.496 e. The number of amides is 1. The molecule has 0 aliphatic heterocycles. The van der Waals surface area contributed by atoms with Crippen LogP contribution in [0.25, 0.3) is 0 Å². The van der Waals surface area contributed by atoms with Crippen LogP contribution in [0.3, 0.4) is 0 Å². The van der Waals surface area contributed by atoms with Crippen LogP contribution in [-0.4, -0.2) is 19.0 Å². The highest BCUT2D eigenvalue weighted by atomic mass is 35.5. The Bertz CT molecular complexity index is 607. The lowest BCUT2D eigenvalue weighted by Gasteiger charge is -2.28. The highest BCUT2D eigenvalue weighted by molar-refractivity contribution is 6.04. The fraction of sp³-hybridized carbons (Fsp3) is 0.529. The molecule has 0 heterocycles. The number of hydrogen-bond donors (Lipinski definition) is 2. The van der Waals surface area contributed by atoms with E-state index in [-0.39, 0.29) is 29.2 Å². The zero-order valence-electron chi connectivity index (χ0n) is 15.0. The largest absolute Gasteiger partial charge is 0.496 e. The van der Waals surface area contributed by atoms with Gasteiger partial charge in [-0.05, 0) is 22.5 Å². The summed E-state index contributed by atoms with van der Waals surface area (Å²) in [7, 11) is 1.55. The quantitative estimate of drug-likeness (QED) is 0.638. The van der Waals surface area contributed by atoms with Crippen molar-refractivity contribution in [3.05, 3.63) is 28.8 Å². The Morgan fingerprint density at radius 2 is 1.57 bits per heavy atom. The second-order valence-corrected chi connectivity index (χ2v) is 7.45. The molecule has 0 radical (unpaired) electrons. The molecule has 4 N–H and O–H groups in total. The van der Waals surface area contributed by atoms with Gasteiger partial charge in [0.1, 0.15) is 5.75 Å². The van der Waals surface area contributed by atoms with Gasteiger partial charge < -0.3 is 16.2 Å². The van der Waals surface area contributed by atoms with E-state index in [9.17, 15) is 4.79 Å². The molecular weight excluding hydrogens is 314 g/mol. The number of benzene rings is 1. The smallest absolute Gasteiger partial charge is 0.283 e. The van der Waals surface area contributed by atoms with Gasteiger partial charge in [0.15, 0.2) is 5.96 Å². The molecule has 0 spiro atoms. The van der Waals surface area contributed by atoms with Crippen molar-refractivity contribution in [2.45, 2.75) is 52.4 Å². The predicted molar refractivity (Wildman–Crippen MR) is 97.8 cm³/mol. The van der Waals surface area contributed by atoms with E-state index < -0.39 is 5.91 Å². The summed E-state index contributed by atoms with van der Waals surface area (Å²) in [5.74, 6) is -0.227. The van der Waals surface area contributed by atoms with Gasteiger partial charge in [-0.2, -0.15) is 4.99 Å². The highest BCUT2D eigenvalue weighted by Crippen LogP contribution is 2.38. The Balaban J connectivity index is 0.00000484. The Kier molecular flexibility index (Phi) is 6.67. The predicted octanol–water partition coefficient (Wildman–Crippen LogP) is 3.13. The van der Waals surface area contributed by atoms with Gasteiger partial charge in [0.05, 0.1) is 12.7 Å². The Morgan fingerprint density at radius 1 is 1.04 bits per heavy atom. The van der Waals surface area contributed by atoms with Crippen molar-refractivity contribution in [3.63, 3.8) is 0 Å². The third-order valence-corrected chi connectivity index (χ3v) is 3.43. The second kappa shape index (κ2) is 7.21. The molecule has 1 rings (SSSR count). The summed E-state index contributed by atoms with van der Waals surface area (Å²) in [4.78, 5) is 16.0. The summed E-state index contributed by atoms with van der Waals surface area (Å²) < 4.78 is 5.50. The first-order valence-electron chi connectivity index (χ1n) is 7.25. The lowest BCUT2D eigenvalue weighted by atomic mass is 9.79. The molecule has 1 aromatic rings. The van der Waals surface area contributed by atoms with Gasteiger partial charge >= 0.3 is 0 Å². The first kappa shape index (κ1) is 21.2.